The number of amides is 1. The standard InChI is InChI=1S/C20H16BrN3OS/c1-24-19(17-7-6-15(21)10-18(17)23-24)20(25)22-11-13-4-2-3-5-16(13)14-8-9-26-12-14/h2-10,12H,11H2,1H3,(H,22,25). The van der Waals surface area contributed by atoms with E-state index >= 15 is 0 Å². The maximum absolute atomic E-state index is 12.8. The molecule has 0 aliphatic rings. The summed E-state index contributed by atoms with van der Waals surface area (Å²) in [7, 11) is 1.79. The maximum atomic E-state index is 12.8. The zero-order valence-electron chi connectivity index (χ0n) is 14.1. The topological polar surface area (TPSA) is 46.9 Å². The molecule has 0 saturated carbocycles. The molecule has 130 valence electrons. The van der Waals surface area contributed by atoms with Gasteiger partial charge in [0.25, 0.3) is 5.91 Å². The minimum Gasteiger partial charge on any atom is -0.347 e. The summed E-state index contributed by atoms with van der Waals surface area (Å²) in [5.74, 6) is -0.127. The first-order valence-corrected chi connectivity index (χ1v) is 9.88. The predicted octanol–water partition coefficient (Wildman–Crippen LogP) is 4.99. The molecule has 2 aromatic heterocycles. The first-order chi connectivity index (χ1) is 12.6. The normalized spacial score (nSPS) is 11.0. The quantitative estimate of drug-likeness (QED) is 0.500. The molecule has 0 bridgehead atoms. The van der Waals surface area contributed by atoms with Crippen molar-refractivity contribution in [1.82, 2.24) is 15.1 Å². The van der Waals surface area contributed by atoms with Gasteiger partial charge in [-0.1, -0.05) is 40.2 Å². The number of fused-ring (bicyclic) bond motifs is 1. The van der Waals surface area contributed by atoms with Crippen LogP contribution in [0.2, 0.25) is 0 Å². The number of benzene rings is 2. The lowest BCUT2D eigenvalue weighted by atomic mass is 10.0. The first-order valence-electron chi connectivity index (χ1n) is 8.14. The Balaban J connectivity index is 1.60. The van der Waals surface area contributed by atoms with Crippen molar-refractivity contribution in [3.8, 4) is 11.1 Å². The summed E-state index contributed by atoms with van der Waals surface area (Å²) < 4.78 is 2.58. The van der Waals surface area contributed by atoms with Gasteiger partial charge in [-0.05, 0) is 51.7 Å². The molecular weight excluding hydrogens is 410 g/mol. The van der Waals surface area contributed by atoms with E-state index in [2.05, 4.69) is 49.2 Å². The van der Waals surface area contributed by atoms with Gasteiger partial charge in [0.15, 0.2) is 0 Å². The third kappa shape index (κ3) is 3.18. The summed E-state index contributed by atoms with van der Waals surface area (Å²) in [6.45, 7) is 0.466. The molecular formula is C20H16BrN3OS. The van der Waals surface area contributed by atoms with Crippen LogP contribution >= 0.6 is 27.3 Å². The van der Waals surface area contributed by atoms with E-state index < -0.39 is 0 Å². The smallest absolute Gasteiger partial charge is 0.270 e. The van der Waals surface area contributed by atoms with E-state index in [4.69, 9.17) is 0 Å². The van der Waals surface area contributed by atoms with Crippen LogP contribution in [0, 0.1) is 0 Å². The van der Waals surface area contributed by atoms with Gasteiger partial charge in [0.05, 0.1) is 5.52 Å². The number of carbonyl (C=O) groups is 1. The molecule has 0 saturated heterocycles. The Morgan fingerprint density at radius 2 is 2.08 bits per heavy atom. The highest BCUT2D eigenvalue weighted by Gasteiger charge is 2.17. The van der Waals surface area contributed by atoms with Crippen LogP contribution < -0.4 is 5.32 Å². The number of aromatic nitrogens is 2. The number of carbonyl (C=O) groups excluding carboxylic acids is 1. The lowest BCUT2D eigenvalue weighted by Gasteiger charge is -2.10. The van der Waals surface area contributed by atoms with Gasteiger partial charge >= 0.3 is 0 Å². The summed E-state index contributed by atoms with van der Waals surface area (Å²) >= 11 is 5.11. The van der Waals surface area contributed by atoms with Crippen LogP contribution in [0.4, 0.5) is 0 Å². The van der Waals surface area contributed by atoms with E-state index in [-0.39, 0.29) is 5.91 Å². The summed E-state index contributed by atoms with van der Waals surface area (Å²) in [5, 5.41) is 12.5. The summed E-state index contributed by atoms with van der Waals surface area (Å²) in [4.78, 5) is 12.8. The molecule has 0 fully saturated rings. The van der Waals surface area contributed by atoms with E-state index in [1.807, 2.05) is 36.4 Å². The summed E-state index contributed by atoms with van der Waals surface area (Å²) in [6, 6.07) is 16.0. The first kappa shape index (κ1) is 17.0. The average Bonchev–Trinajstić information content (AvgIpc) is 3.26. The fourth-order valence-electron chi connectivity index (χ4n) is 3.08. The Kier molecular flexibility index (Phi) is 4.61. The second-order valence-electron chi connectivity index (χ2n) is 5.99. The minimum atomic E-state index is -0.127. The number of hydrogen-bond acceptors (Lipinski definition) is 3. The van der Waals surface area contributed by atoms with Gasteiger partial charge in [-0.25, -0.2) is 0 Å². The molecule has 0 aliphatic heterocycles. The van der Waals surface area contributed by atoms with Gasteiger partial charge in [0, 0.05) is 23.5 Å². The maximum Gasteiger partial charge on any atom is 0.270 e. The van der Waals surface area contributed by atoms with E-state index in [0.717, 1.165) is 26.5 Å². The zero-order valence-corrected chi connectivity index (χ0v) is 16.5. The molecule has 0 atom stereocenters. The van der Waals surface area contributed by atoms with Crippen molar-refractivity contribution < 1.29 is 4.79 Å². The van der Waals surface area contributed by atoms with Gasteiger partial charge in [0.1, 0.15) is 5.69 Å². The third-order valence-electron chi connectivity index (χ3n) is 4.30. The predicted molar refractivity (Wildman–Crippen MR) is 109 cm³/mol. The molecule has 0 spiro atoms. The molecule has 4 aromatic rings. The Hall–Kier alpha value is -2.44. The van der Waals surface area contributed by atoms with Crippen LogP contribution in [-0.4, -0.2) is 15.7 Å². The number of rotatable bonds is 4. The minimum absolute atomic E-state index is 0.127. The van der Waals surface area contributed by atoms with Gasteiger partial charge in [-0.3, -0.25) is 9.48 Å². The number of aryl methyl sites for hydroxylation is 1. The van der Waals surface area contributed by atoms with Crippen LogP contribution in [0.25, 0.3) is 22.0 Å². The van der Waals surface area contributed by atoms with Crippen molar-refractivity contribution in [2.24, 2.45) is 7.05 Å². The fourth-order valence-corrected chi connectivity index (χ4v) is 4.08. The summed E-state index contributed by atoms with van der Waals surface area (Å²) in [5.41, 5.74) is 4.78. The highest BCUT2D eigenvalue weighted by molar-refractivity contribution is 9.10. The van der Waals surface area contributed by atoms with E-state index in [1.54, 1.807) is 23.1 Å². The van der Waals surface area contributed by atoms with Gasteiger partial charge < -0.3 is 5.32 Å². The van der Waals surface area contributed by atoms with Crippen LogP contribution in [0.15, 0.2) is 63.8 Å². The van der Waals surface area contributed by atoms with E-state index in [9.17, 15) is 4.79 Å². The third-order valence-corrected chi connectivity index (χ3v) is 5.48. The molecule has 0 unspecified atom stereocenters. The molecule has 1 N–H and O–H groups in total. The van der Waals surface area contributed by atoms with Crippen molar-refractivity contribution >= 4 is 44.1 Å². The Morgan fingerprint density at radius 1 is 1.23 bits per heavy atom. The molecule has 4 rings (SSSR count). The average molecular weight is 426 g/mol. The van der Waals surface area contributed by atoms with Gasteiger partial charge in [-0.2, -0.15) is 16.4 Å². The van der Waals surface area contributed by atoms with Crippen molar-refractivity contribution in [2.75, 3.05) is 0 Å². The molecule has 2 aromatic carbocycles. The van der Waals surface area contributed by atoms with Gasteiger partial charge in [-0.15, -0.1) is 0 Å². The van der Waals surface area contributed by atoms with Gasteiger partial charge in [0.2, 0.25) is 0 Å². The molecule has 2 heterocycles. The monoisotopic (exact) mass is 425 g/mol. The Morgan fingerprint density at radius 3 is 2.88 bits per heavy atom. The molecule has 6 heteroatoms. The van der Waals surface area contributed by atoms with Crippen molar-refractivity contribution in [1.29, 1.82) is 0 Å². The fraction of sp³-hybridized carbons (Fsp3) is 0.100. The Bertz CT molecular complexity index is 1090. The highest BCUT2D eigenvalue weighted by atomic mass is 79.9. The van der Waals surface area contributed by atoms with Crippen LogP contribution in [0.1, 0.15) is 16.1 Å². The van der Waals surface area contributed by atoms with Crippen molar-refractivity contribution in [2.45, 2.75) is 6.54 Å². The number of hydrogen-bond donors (Lipinski definition) is 1. The summed E-state index contributed by atoms with van der Waals surface area (Å²) in [6.07, 6.45) is 0. The molecule has 0 aliphatic carbocycles. The van der Waals surface area contributed by atoms with E-state index in [1.165, 1.54) is 5.56 Å². The van der Waals surface area contributed by atoms with Crippen LogP contribution in [0.3, 0.4) is 0 Å². The number of thiophene rings is 1. The van der Waals surface area contributed by atoms with Crippen LogP contribution in [-0.2, 0) is 13.6 Å². The number of halogens is 1. The van der Waals surface area contributed by atoms with Crippen molar-refractivity contribution in [3.05, 3.63) is 75.0 Å². The zero-order chi connectivity index (χ0) is 18.1. The number of nitrogens with one attached hydrogen (secondary N) is 1. The second-order valence-corrected chi connectivity index (χ2v) is 7.68. The molecule has 4 nitrogen and oxygen atoms in total. The lowest BCUT2D eigenvalue weighted by Crippen LogP contribution is -2.25. The van der Waals surface area contributed by atoms with Crippen molar-refractivity contribution in [3.63, 3.8) is 0 Å². The molecule has 0 radical (unpaired) electrons. The van der Waals surface area contributed by atoms with E-state index in [0.29, 0.717) is 12.2 Å². The van der Waals surface area contributed by atoms with Crippen LogP contribution in [0.5, 0.6) is 0 Å². The Labute approximate surface area is 163 Å². The lowest BCUT2D eigenvalue weighted by molar-refractivity contribution is 0.0943. The molecule has 26 heavy (non-hydrogen) atoms. The SMILES string of the molecule is Cn1nc2cc(Br)ccc2c1C(=O)NCc1ccccc1-c1ccsc1. The number of nitrogens with zero attached hydrogens (tertiary/aromatic N) is 2. The highest BCUT2D eigenvalue weighted by Crippen LogP contribution is 2.26. The second kappa shape index (κ2) is 7.05. The molecule has 1 amide bonds. The largest absolute Gasteiger partial charge is 0.347 e.